The highest BCUT2D eigenvalue weighted by Gasteiger charge is 2.33. The first-order chi connectivity index (χ1) is 19.2. The number of aromatic nitrogens is 3. The Morgan fingerprint density at radius 1 is 1.03 bits per heavy atom. The van der Waals surface area contributed by atoms with Gasteiger partial charge >= 0.3 is 0 Å². The highest BCUT2D eigenvalue weighted by Crippen LogP contribution is 2.42. The van der Waals surface area contributed by atoms with Crippen LogP contribution in [0.15, 0.2) is 108 Å². The molecule has 4 aromatic heterocycles. The van der Waals surface area contributed by atoms with E-state index in [9.17, 15) is 4.79 Å². The van der Waals surface area contributed by atoms with Crippen molar-refractivity contribution in [2.45, 2.75) is 29.1 Å². The number of aromatic amines is 1. The van der Waals surface area contributed by atoms with Crippen LogP contribution in [-0.2, 0) is 6.42 Å². The summed E-state index contributed by atoms with van der Waals surface area (Å²) in [7, 11) is 0. The molecule has 190 valence electrons. The van der Waals surface area contributed by atoms with Crippen molar-refractivity contribution in [3.05, 3.63) is 125 Å². The second kappa shape index (κ2) is 9.08. The highest BCUT2D eigenvalue weighted by molar-refractivity contribution is 7.99. The fraction of sp³-hybridized carbons (Fsp3) is 0.100. The van der Waals surface area contributed by atoms with E-state index in [0.717, 1.165) is 44.4 Å². The van der Waals surface area contributed by atoms with Crippen LogP contribution in [0.25, 0.3) is 22.8 Å². The molecule has 39 heavy (non-hydrogen) atoms. The molecule has 1 aliphatic heterocycles. The Morgan fingerprint density at radius 2 is 1.92 bits per heavy atom. The van der Waals surface area contributed by atoms with E-state index in [4.69, 9.17) is 9.41 Å². The Hall–Kier alpha value is -3.92. The molecule has 0 bridgehead atoms. The maximum absolute atomic E-state index is 13.8. The van der Waals surface area contributed by atoms with E-state index < -0.39 is 0 Å². The topological polar surface area (TPSA) is 76.2 Å². The molecule has 9 heteroatoms. The maximum atomic E-state index is 13.8. The van der Waals surface area contributed by atoms with Gasteiger partial charge in [-0.25, -0.2) is 9.98 Å². The van der Waals surface area contributed by atoms with Gasteiger partial charge in [-0.05, 0) is 71.5 Å². The smallest absolute Gasteiger partial charge is 0.271 e. The van der Waals surface area contributed by atoms with Crippen LogP contribution in [-0.4, -0.2) is 14.5 Å². The van der Waals surface area contributed by atoms with Gasteiger partial charge in [0, 0.05) is 16.5 Å². The lowest BCUT2D eigenvalue weighted by Gasteiger charge is -2.30. The SMILES string of the molecule is O=c1/c(=C/c2ccc(Sc3nc4ccccc4[nH]3)o2)sc2n1[C@H](c1cccs1)C1=C(N=2)c2ccccc2CC1. The summed E-state index contributed by atoms with van der Waals surface area (Å²) in [4.78, 5) is 28.7. The third-order valence-corrected chi connectivity index (χ3v) is 9.84. The Bertz CT molecular complexity index is 2060. The summed E-state index contributed by atoms with van der Waals surface area (Å²) in [6.45, 7) is 0. The van der Waals surface area contributed by atoms with Crippen molar-refractivity contribution in [2.24, 2.45) is 4.99 Å². The molecule has 0 unspecified atom stereocenters. The molecule has 1 aliphatic carbocycles. The van der Waals surface area contributed by atoms with E-state index in [1.54, 1.807) is 11.3 Å². The molecule has 6 nitrogen and oxygen atoms in total. The molecule has 0 fully saturated rings. The zero-order valence-corrected chi connectivity index (χ0v) is 22.9. The number of H-pyrrole nitrogens is 1. The average molecular weight is 565 g/mol. The van der Waals surface area contributed by atoms with Crippen molar-refractivity contribution >= 4 is 57.2 Å². The van der Waals surface area contributed by atoms with E-state index in [-0.39, 0.29) is 11.6 Å². The predicted molar refractivity (Wildman–Crippen MR) is 156 cm³/mol. The third kappa shape index (κ3) is 3.88. The van der Waals surface area contributed by atoms with Crippen molar-refractivity contribution < 1.29 is 4.42 Å². The molecule has 0 spiro atoms. The molecule has 0 amide bonds. The van der Waals surface area contributed by atoms with E-state index in [2.05, 4.69) is 51.7 Å². The second-order valence-corrected chi connectivity index (χ2v) is 12.4. The Morgan fingerprint density at radius 3 is 2.82 bits per heavy atom. The molecule has 0 saturated heterocycles. The Balaban J connectivity index is 1.21. The number of nitrogens with zero attached hydrogens (tertiary/aromatic N) is 3. The van der Waals surface area contributed by atoms with E-state index in [0.29, 0.717) is 15.4 Å². The number of nitrogens with one attached hydrogen (secondary N) is 1. The lowest BCUT2D eigenvalue weighted by atomic mass is 9.85. The van der Waals surface area contributed by atoms with Gasteiger partial charge in [-0.3, -0.25) is 9.36 Å². The number of thiazole rings is 1. The van der Waals surface area contributed by atoms with Gasteiger partial charge in [-0.2, -0.15) is 0 Å². The van der Waals surface area contributed by atoms with E-state index in [1.807, 2.05) is 47.0 Å². The third-order valence-electron chi connectivity index (χ3n) is 7.13. The van der Waals surface area contributed by atoms with Crippen LogP contribution >= 0.6 is 34.4 Å². The summed E-state index contributed by atoms with van der Waals surface area (Å²) in [5.41, 5.74) is 6.59. The summed E-state index contributed by atoms with van der Waals surface area (Å²) in [5.74, 6) is 0.626. The van der Waals surface area contributed by atoms with Crippen LogP contribution in [0.2, 0.25) is 0 Å². The monoisotopic (exact) mass is 564 g/mol. The molecular weight excluding hydrogens is 545 g/mol. The minimum atomic E-state index is -0.137. The molecule has 5 heterocycles. The van der Waals surface area contributed by atoms with Crippen molar-refractivity contribution in [1.29, 1.82) is 0 Å². The van der Waals surface area contributed by atoms with Gasteiger partial charge in [0.25, 0.3) is 5.56 Å². The van der Waals surface area contributed by atoms with Gasteiger partial charge in [0.15, 0.2) is 15.1 Å². The Labute approximate surface area is 234 Å². The number of hydrogen-bond acceptors (Lipinski definition) is 7. The zero-order chi connectivity index (χ0) is 25.9. The first-order valence-corrected chi connectivity index (χ1v) is 15.1. The van der Waals surface area contributed by atoms with Crippen molar-refractivity contribution in [2.75, 3.05) is 0 Å². The van der Waals surface area contributed by atoms with Crippen LogP contribution in [0, 0.1) is 0 Å². The minimum Gasteiger partial charge on any atom is -0.450 e. The Kier molecular flexibility index (Phi) is 5.36. The standard InChI is InChI=1S/C30H20N4O2S3/c35-28-24(16-18-12-14-25(36-18)39-29-31-21-8-3-4-9-22(21)32-29)38-30-33-26-19-7-2-1-6-17(19)11-13-20(26)27(34(28)30)23-10-5-15-37-23/h1-10,12,14-16,27H,11,13H2,(H,31,32)/b24-16-/t27-/m0/s1. The van der Waals surface area contributed by atoms with Gasteiger partial charge in [-0.1, -0.05) is 53.8 Å². The van der Waals surface area contributed by atoms with Gasteiger partial charge in [-0.15, -0.1) is 11.3 Å². The largest absolute Gasteiger partial charge is 0.450 e. The van der Waals surface area contributed by atoms with E-state index >= 15 is 0 Å². The second-order valence-electron chi connectivity index (χ2n) is 9.45. The molecule has 1 N–H and O–H groups in total. The first kappa shape index (κ1) is 23.0. The molecule has 0 radical (unpaired) electrons. The zero-order valence-electron chi connectivity index (χ0n) is 20.5. The number of hydrogen-bond donors (Lipinski definition) is 1. The van der Waals surface area contributed by atoms with Gasteiger partial charge in [0.05, 0.1) is 27.3 Å². The maximum Gasteiger partial charge on any atom is 0.271 e. The molecule has 6 aromatic rings. The van der Waals surface area contributed by atoms with Crippen molar-refractivity contribution in [3.8, 4) is 0 Å². The van der Waals surface area contributed by atoms with Gasteiger partial charge in [0.1, 0.15) is 5.76 Å². The van der Waals surface area contributed by atoms with Crippen LogP contribution in [0.5, 0.6) is 0 Å². The summed E-state index contributed by atoms with van der Waals surface area (Å²) >= 11 is 4.53. The van der Waals surface area contributed by atoms with Crippen LogP contribution < -0.4 is 14.9 Å². The number of rotatable bonds is 4. The fourth-order valence-corrected chi connectivity index (χ4v) is 7.99. The predicted octanol–water partition coefficient (Wildman–Crippen LogP) is 6.00. The lowest BCUT2D eigenvalue weighted by molar-refractivity contribution is 0.466. The molecule has 0 saturated carbocycles. The average Bonchev–Trinajstić information content (AvgIpc) is 3.76. The molecule has 8 rings (SSSR count). The number of aryl methyl sites for hydroxylation is 1. The number of furan rings is 1. The normalized spacial score (nSPS) is 16.7. The highest BCUT2D eigenvalue weighted by atomic mass is 32.2. The number of thiophene rings is 1. The van der Waals surface area contributed by atoms with Gasteiger partial charge in [0.2, 0.25) is 0 Å². The molecule has 2 aromatic carbocycles. The molecular formula is C30H20N4O2S3. The first-order valence-electron chi connectivity index (χ1n) is 12.6. The van der Waals surface area contributed by atoms with Gasteiger partial charge < -0.3 is 9.40 Å². The number of fused-ring (bicyclic) bond motifs is 4. The summed E-state index contributed by atoms with van der Waals surface area (Å²) < 4.78 is 8.57. The van der Waals surface area contributed by atoms with E-state index in [1.165, 1.54) is 39.8 Å². The summed E-state index contributed by atoms with van der Waals surface area (Å²) in [5, 5.41) is 3.54. The minimum absolute atomic E-state index is 0.0366. The van der Waals surface area contributed by atoms with Crippen LogP contribution in [0.1, 0.15) is 34.2 Å². The quantitative estimate of drug-likeness (QED) is 0.285. The fourth-order valence-electron chi connectivity index (χ4n) is 5.39. The number of para-hydroxylation sites is 2. The van der Waals surface area contributed by atoms with Crippen LogP contribution in [0.4, 0.5) is 0 Å². The molecule has 2 aliphatic rings. The number of imidazole rings is 1. The van der Waals surface area contributed by atoms with Crippen LogP contribution in [0.3, 0.4) is 0 Å². The summed E-state index contributed by atoms with van der Waals surface area (Å²) in [6, 6.07) is 24.2. The number of allylic oxidation sites excluding steroid dienone is 1. The number of benzene rings is 2. The van der Waals surface area contributed by atoms with Crippen molar-refractivity contribution in [3.63, 3.8) is 0 Å². The summed E-state index contributed by atoms with van der Waals surface area (Å²) in [6.07, 6.45) is 3.67. The molecule has 1 atom stereocenters. The lowest BCUT2D eigenvalue weighted by Crippen LogP contribution is -2.38. The van der Waals surface area contributed by atoms with Crippen molar-refractivity contribution in [1.82, 2.24) is 14.5 Å².